The van der Waals surface area contributed by atoms with Crippen LogP contribution in [0.4, 0.5) is 0 Å². The number of aryl methyl sites for hydroxylation is 2. The lowest BCUT2D eigenvalue weighted by Gasteiger charge is -2.03. The Kier molecular flexibility index (Phi) is 10.4. The Bertz CT molecular complexity index is 1200. The maximum Gasteiger partial charge on any atom is 0.335 e. The highest BCUT2D eigenvalue weighted by atomic mass is 35.5. The van der Waals surface area contributed by atoms with Crippen molar-refractivity contribution >= 4 is 46.9 Å². The molecule has 0 unspecified atom stereocenters. The van der Waals surface area contributed by atoms with Gasteiger partial charge in [0.15, 0.2) is 0 Å². The number of carbonyl (C=O) groups is 2. The van der Waals surface area contributed by atoms with E-state index in [1.165, 1.54) is 5.56 Å². The number of benzene rings is 4. The van der Waals surface area contributed by atoms with Crippen LogP contribution in [-0.2, 0) is 18.6 Å². The first-order valence-corrected chi connectivity index (χ1v) is 12.8. The second-order valence-corrected chi connectivity index (χ2v) is 9.80. The molecule has 4 nitrogen and oxygen atoms in total. The van der Waals surface area contributed by atoms with Gasteiger partial charge in [-0.15, -0.1) is 11.8 Å². The first-order chi connectivity index (χ1) is 17.3. The molecule has 0 radical (unpaired) electrons. The first-order valence-electron chi connectivity index (χ1n) is 11.1. The van der Waals surface area contributed by atoms with E-state index < -0.39 is 11.9 Å². The predicted octanol–water partition coefficient (Wildman–Crippen LogP) is 8.15. The van der Waals surface area contributed by atoms with Gasteiger partial charge in [0.2, 0.25) is 0 Å². The van der Waals surface area contributed by atoms with Gasteiger partial charge < -0.3 is 10.2 Å². The molecule has 4 aromatic carbocycles. The minimum absolute atomic E-state index is 0.312. The third-order valence-electron chi connectivity index (χ3n) is 5.19. The Labute approximate surface area is 224 Å². The largest absolute Gasteiger partial charge is 0.478 e. The van der Waals surface area contributed by atoms with Crippen LogP contribution in [0.2, 0.25) is 10.0 Å². The van der Waals surface area contributed by atoms with E-state index in [0.717, 1.165) is 44.7 Å². The van der Waals surface area contributed by atoms with Crippen molar-refractivity contribution in [2.45, 2.75) is 23.5 Å². The molecule has 0 saturated heterocycles. The van der Waals surface area contributed by atoms with Crippen LogP contribution in [0.3, 0.4) is 0 Å². The number of hydrogen-bond acceptors (Lipinski definition) is 3. The van der Waals surface area contributed by atoms with Gasteiger partial charge in [-0.05, 0) is 84.1 Å². The van der Waals surface area contributed by atoms with Crippen molar-refractivity contribution in [3.63, 3.8) is 0 Å². The number of carboxylic acids is 2. The molecule has 4 aromatic rings. The Morgan fingerprint density at radius 3 is 1.64 bits per heavy atom. The number of hydrogen-bond donors (Lipinski definition) is 2. The minimum Gasteiger partial charge on any atom is -0.478 e. The fraction of sp³-hybridized carbons (Fsp3) is 0.103. The summed E-state index contributed by atoms with van der Waals surface area (Å²) in [6.45, 7) is 0. The number of rotatable bonds is 8. The minimum atomic E-state index is -0.899. The van der Waals surface area contributed by atoms with Gasteiger partial charge in [0.05, 0.1) is 11.1 Å². The number of thioether (sulfide) groups is 1. The summed E-state index contributed by atoms with van der Waals surface area (Å²) in [5.74, 6) is -0.999. The molecular formula is C29H24Cl2O4S. The van der Waals surface area contributed by atoms with Gasteiger partial charge in [-0.3, -0.25) is 0 Å². The lowest BCUT2D eigenvalue weighted by molar-refractivity contribution is 0.0686. The van der Waals surface area contributed by atoms with E-state index in [-0.39, 0.29) is 0 Å². The van der Waals surface area contributed by atoms with Crippen molar-refractivity contribution in [1.82, 2.24) is 0 Å². The summed E-state index contributed by atoms with van der Waals surface area (Å²) in [5.41, 5.74) is 4.03. The lowest BCUT2D eigenvalue weighted by atomic mass is 10.0. The van der Waals surface area contributed by atoms with Gasteiger partial charge in [-0.25, -0.2) is 9.59 Å². The smallest absolute Gasteiger partial charge is 0.335 e. The van der Waals surface area contributed by atoms with E-state index in [1.807, 2.05) is 72.8 Å². The quantitative estimate of drug-likeness (QED) is 0.221. The maximum absolute atomic E-state index is 10.7. The van der Waals surface area contributed by atoms with Crippen molar-refractivity contribution in [1.29, 1.82) is 0 Å². The number of aromatic carboxylic acids is 2. The van der Waals surface area contributed by atoms with E-state index in [0.29, 0.717) is 11.1 Å². The van der Waals surface area contributed by atoms with Gasteiger partial charge in [0.25, 0.3) is 0 Å². The molecule has 0 fully saturated rings. The van der Waals surface area contributed by atoms with Crippen molar-refractivity contribution < 1.29 is 19.8 Å². The average Bonchev–Trinajstić information content (AvgIpc) is 2.87. The highest BCUT2D eigenvalue weighted by Crippen LogP contribution is 2.25. The molecule has 0 atom stereocenters. The fourth-order valence-electron chi connectivity index (χ4n) is 3.26. The highest BCUT2D eigenvalue weighted by molar-refractivity contribution is 7.98. The Balaban J connectivity index is 0.000000201. The van der Waals surface area contributed by atoms with Crippen molar-refractivity contribution in [3.8, 4) is 0 Å². The Hall–Kier alpha value is -3.25. The molecule has 0 heterocycles. The monoisotopic (exact) mass is 538 g/mol. The van der Waals surface area contributed by atoms with Crippen molar-refractivity contribution in [2.24, 2.45) is 0 Å². The highest BCUT2D eigenvalue weighted by Gasteiger charge is 2.03. The molecule has 0 aliphatic rings. The van der Waals surface area contributed by atoms with E-state index >= 15 is 0 Å². The molecule has 4 rings (SSSR count). The summed E-state index contributed by atoms with van der Waals surface area (Å²) in [6.07, 6.45) is 1.77. The number of carboxylic acid groups (broad SMARTS) is 2. The third-order valence-corrected chi connectivity index (χ3v) is 6.73. The maximum atomic E-state index is 10.7. The summed E-state index contributed by atoms with van der Waals surface area (Å²) >= 11 is 13.5. The SMILES string of the molecule is O=C(O)c1ccc(CCc2cccc(Cl)c2)cc1.O=C(O)c1ccc(CSc2cccc(Cl)c2)cc1. The Morgan fingerprint density at radius 1 is 0.611 bits per heavy atom. The van der Waals surface area contributed by atoms with Crippen LogP contribution < -0.4 is 0 Å². The van der Waals surface area contributed by atoms with Crippen LogP contribution in [0.25, 0.3) is 0 Å². The molecule has 0 amide bonds. The van der Waals surface area contributed by atoms with E-state index in [1.54, 1.807) is 36.0 Å². The topological polar surface area (TPSA) is 74.6 Å². The molecule has 184 valence electrons. The van der Waals surface area contributed by atoms with Crippen LogP contribution in [0.15, 0.2) is 102 Å². The summed E-state index contributed by atoms with van der Waals surface area (Å²) in [5, 5.41) is 19.1. The summed E-state index contributed by atoms with van der Waals surface area (Å²) in [4.78, 5) is 22.5. The average molecular weight is 539 g/mol. The summed E-state index contributed by atoms with van der Waals surface area (Å²) < 4.78 is 0. The van der Waals surface area contributed by atoms with E-state index in [4.69, 9.17) is 33.4 Å². The second-order valence-electron chi connectivity index (χ2n) is 7.88. The summed E-state index contributed by atoms with van der Waals surface area (Å²) in [7, 11) is 0. The van der Waals surface area contributed by atoms with E-state index in [2.05, 4.69) is 0 Å². The van der Waals surface area contributed by atoms with Crippen molar-refractivity contribution in [3.05, 3.63) is 135 Å². The van der Waals surface area contributed by atoms with Crippen molar-refractivity contribution in [2.75, 3.05) is 0 Å². The zero-order valence-electron chi connectivity index (χ0n) is 19.2. The first kappa shape index (κ1) is 27.3. The molecule has 36 heavy (non-hydrogen) atoms. The second kappa shape index (κ2) is 13.7. The van der Waals surface area contributed by atoms with Crippen LogP contribution in [0.1, 0.15) is 37.4 Å². The van der Waals surface area contributed by atoms with Crippen LogP contribution in [0.5, 0.6) is 0 Å². The van der Waals surface area contributed by atoms with Gasteiger partial charge in [-0.1, -0.05) is 65.7 Å². The molecule has 0 spiro atoms. The van der Waals surface area contributed by atoms with E-state index in [9.17, 15) is 9.59 Å². The van der Waals surface area contributed by atoms with Gasteiger partial charge in [-0.2, -0.15) is 0 Å². The lowest BCUT2D eigenvalue weighted by Crippen LogP contribution is -1.97. The zero-order chi connectivity index (χ0) is 25.9. The molecular weight excluding hydrogens is 515 g/mol. The molecule has 0 bridgehead atoms. The normalized spacial score (nSPS) is 10.3. The van der Waals surface area contributed by atoms with Gasteiger partial charge in [0, 0.05) is 20.7 Å². The summed E-state index contributed by atoms with van der Waals surface area (Å²) in [6, 6.07) is 29.3. The van der Waals surface area contributed by atoms with Gasteiger partial charge in [0.1, 0.15) is 0 Å². The van der Waals surface area contributed by atoms with Crippen LogP contribution in [0, 0.1) is 0 Å². The van der Waals surface area contributed by atoms with Crippen LogP contribution in [-0.4, -0.2) is 22.2 Å². The van der Waals surface area contributed by atoms with Crippen LogP contribution >= 0.6 is 35.0 Å². The fourth-order valence-corrected chi connectivity index (χ4v) is 4.64. The molecule has 0 aliphatic heterocycles. The predicted molar refractivity (Wildman–Crippen MR) is 147 cm³/mol. The zero-order valence-corrected chi connectivity index (χ0v) is 21.6. The molecule has 0 saturated carbocycles. The molecule has 7 heteroatoms. The Morgan fingerprint density at radius 2 is 1.11 bits per heavy atom. The molecule has 2 N–H and O–H groups in total. The van der Waals surface area contributed by atoms with Gasteiger partial charge >= 0.3 is 11.9 Å². The molecule has 0 aliphatic carbocycles. The third kappa shape index (κ3) is 9.08. The standard InChI is InChI=1S/C15H13ClO2.C14H11ClO2S/c16-14-3-1-2-12(10-14)5-4-11-6-8-13(9-7-11)15(17)18;15-12-2-1-3-13(8-12)18-9-10-4-6-11(7-5-10)14(16)17/h1-3,6-10H,4-5H2,(H,17,18);1-8H,9H2,(H,16,17). The number of halogens is 2. The molecule has 0 aromatic heterocycles.